The zero-order chi connectivity index (χ0) is 29.4. The minimum absolute atomic E-state index is 0.104. The first kappa shape index (κ1) is 29.4. The van der Waals surface area contributed by atoms with Crippen molar-refractivity contribution in [3.8, 4) is 11.5 Å². The van der Waals surface area contributed by atoms with Gasteiger partial charge in [-0.1, -0.05) is 6.92 Å². The summed E-state index contributed by atoms with van der Waals surface area (Å²) < 4.78 is 54.4. The van der Waals surface area contributed by atoms with Gasteiger partial charge in [0.25, 0.3) is 0 Å². The molecular formula is C29H34F3N3O5. The predicted octanol–water partition coefficient (Wildman–Crippen LogP) is 6.80. The number of rotatable bonds is 8. The van der Waals surface area contributed by atoms with Crippen LogP contribution in [0.3, 0.4) is 0 Å². The van der Waals surface area contributed by atoms with Crippen LogP contribution in [0.25, 0.3) is 11.0 Å². The predicted molar refractivity (Wildman–Crippen MR) is 144 cm³/mol. The van der Waals surface area contributed by atoms with Gasteiger partial charge in [0, 0.05) is 32.2 Å². The maximum Gasteiger partial charge on any atom is 0.420 e. The lowest BCUT2D eigenvalue weighted by Gasteiger charge is -2.34. The fourth-order valence-electron chi connectivity index (χ4n) is 5.28. The fraction of sp³-hybridized carbons (Fsp3) is 0.483. The van der Waals surface area contributed by atoms with Gasteiger partial charge >= 0.3 is 12.1 Å². The summed E-state index contributed by atoms with van der Waals surface area (Å²) in [6, 6.07) is 5.77. The monoisotopic (exact) mass is 561 g/mol. The van der Waals surface area contributed by atoms with Crippen LogP contribution in [0.1, 0.15) is 68.2 Å². The molecule has 2 aromatic carbocycles. The van der Waals surface area contributed by atoms with Crippen molar-refractivity contribution < 1.29 is 37.3 Å². The van der Waals surface area contributed by atoms with Crippen molar-refractivity contribution in [3.05, 3.63) is 47.3 Å². The zero-order valence-corrected chi connectivity index (χ0v) is 23.2. The molecule has 0 saturated heterocycles. The zero-order valence-electron chi connectivity index (χ0n) is 23.2. The first-order chi connectivity index (χ1) is 18.8. The molecule has 3 aromatic rings. The Labute approximate surface area is 230 Å². The molecule has 1 amide bonds. The van der Waals surface area contributed by atoms with E-state index >= 15 is 0 Å². The van der Waals surface area contributed by atoms with Crippen LogP contribution < -0.4 is 9.64 Å². The Morgan fingerprint density at radius 2 is 1.82 bits per heavy atom. The van der Waals surface area contributed by atoms with Gasteiger partial charge in [-0.3, -0.25) is 4.79 Å². The molecule has 1 saturated carbocycles. The SMILES string of the molecule is COCc1nc2cc(C(F)(F)F)c(Oc3ccc(N(C(=O)[C@H]4CC[C@H](C)CC4)C(C)C)c(C(=O)O)c3)cc2n1C. The van der Waals surface area contributed by atoms with Gasteiger partial charge in [-0.25, -0.2) is 9.78 Å². The normalized spacial score (nSPS) is 17.8. The van der Waals surface area contributed by atoms with E-state index in [4.69, 9.17) is 9.47 Å². The fourth-order valence-corrected chi connectivity index (χ4v) is 5.28. The third-order valence-corrected chi connectivity index (χ3v) is 7.46. The van der Waals surface area contributed by atoms with Gasteiger partial charge in [-0.05, 0) is 69.7 Å². The second kappa shape index (κ2) is 11.5. The molecular weight excluding hydrogens is 527 g/mol. The van der Waals surface area contributed by atoms with Crippen molar-refractivity contribution in [2.45, 2.75) is 65.3 Å². The van der Waals surface area contributed by atoms with Crippen LogP contribution in [0.5, 0.6) is 11.5 Å². The Morgan fingerprint density at radius 3 is 2.40 bits per heavy atom. The summed E-state index contributed by atoms with van der Waals surface area (Å²) in [5, 5.41) is 10.0. The molecule has 0 unspecified atom stereocenters. The van der Waals surface area contributed by atoms with E-state index in [-0.39, 0.29) is 47.0 Å². The van der Waals surface area contributed by atoms with Gasteiger partial charge in [-0.2, -0.15) is 13.2 Å². The maximum absolute atomic E-state index is 14.0. The van der Waals surface area contributed by atoms with Crippen molar-refractivity contribution in [2.24, 2.45) is 18.9 Å². The Hall–Kier alpha value is -3.60. The molecule has 0 spiro atoms. The number of methoxy groups -OCH3 is 1. The summed E-state index contributed by atoms with van der Waals surface area (Å²) in [5.41, 5.74) is -0.585. The Kier molecular flexibility index (Phi) is 8.44. The number of carbonyl (C=O) groups is 2. The Morgan fingerprint density at radius 1 is 1.15 bits per heavy atom. The summed E-state index contributed by atoms with van der Waals surface area (Å²) in [4.78, 5) is 31.5. The highest BCUT2D eigenvalue weighted by molar-refractivity contribution is 6.03. The number of carbonyl (C=O) groups excluding carboxylic acids is 1. The number of aryl methyl sites for hydroxylation is 1. The number of nitrogens with zero attached hydrogens (tertiary/aromatic N) is 3. The molecule has 0 radical (unpaired) electrons. The highest BCUT2D eigenvalue weighted by atomic mass is 19.4. The summed E-state index contributed by atoms with van der Waals surface area (Å²) in [7, 11) is 3.12. The number of aromatic carboxylic acids is 1. The number of anilines is 1. The molecule has 1 N–H and O–H groups in total. The van der Waals surface area contributed by atoms with E-state index in [1.807, 2.05) is 0 Å². The quantitative estimate of drug-likeness (QED) is 0.325. The maximum atomic E-state index is 14.0. The Bertz CT molecular complexity index is 1410. The number of amides is 1. The smallest absolute Gasteiger partial charge is 0.420 e. The molecule has 0 aliphatic heterocycles. The van der Waals surface area contributed by atoms with Gasteiger partial charge in [0.1, 0.15) is 29.5 Å². The molecule has 1 aliphatic rings. The van der Waals surface area contributed by atoms with E-state index in [0.717, 1.165) is 37.8 Å². The second-order valence-electron chi connectivity index (χ2n) is 10.7. The molecule has 1 heterocycles. The van der Waals surface area contributed by atoms with E-state index in [1.54, 1.807) is 25.5 Å². The highest BCUT2D eigenvalue weighted by Gasteiger charge is 2.36. The third-order valence-electron chi connectivity index (χ3n) is 7.46. The summed E-state index contributed by atoms with van der Waals surface area (Å²) in [5.74, 6) is -1.30. The van der Waals surface area contributed by atoms with Crippen LogP contribution in [-0.4, -0.2) is 39.7 Å². The molecule has 0 atom stereocenters. The second-order valence-corrected chi connectivity index (χ2v) is 10.7. The first-order valence-electron chi connectivity index (χ1n) is 13.3. The third kappa shape index (κ3) is 5.94. The van der Waals surface area contributed by atoms with Crippen LogP contribution in [0, 0.1) is 11.8 Å². The van der Waals surface area contributed by atoms with Gasteiger partial charge in [-0.15, -0.1) is 0 Å². The number of carboxylic acids is 1. The van der Waals surface area contributed by atoms with Crippen molar-refractivity contribution in [1.82, 2.24) is 9.55 Å². The molecule has 4 rings (SSSR count). The minimum atomic E-state index is -4.75. The van der Waals surface area contributed by atoms with Gasteiger partial charge in [0.15, 0.2) is 0 Å². The standard InChI is InChI=1S/C29H34F3N3O5/c1-16(2)35(27(36)18-8-6-17(3)7-9-18)23-11-10-19(12-20(23)28(37)38)40-25-14-24-22(13-21(25)29(30,31)32)33-26(15-39-5)34(24)4/h10-14,16-18H,6-9,15H2,1-5H3,(H,37,38)/t17-,18-. The number of hydrogen-bond donors (Lipinski definition) is 1. The van der Waals surface area contributed by atoms with E-state index in [0.29, 0.717) is 17.3 Å². The van der Waals surface area contributed by atoms with Crippen molar-refractivity contribution in [2.75, 3.05) is 12.0 Å². The van der Waals surface area contributed by atoms with Crippen molar-refractivity contribution in [3.63, 3.8) is 0 Å². The number of fused-ring (bicyclic) bond motifs is 1. The number of hydrogen-bond acceptors (Lipinski definition) is 5. The molecule has 1 aromatic heterocycles. The number of aromatic nitrogens is 2. The minimum Gasteiger partial charge on any atom is -0.478 e. The number of halogens is 3. The van der Waals surface area contributed by atoms with Crippen molar-refractivity contribution >= 4 is 28.6 Å². The first-order valence-corrected chi connectivity index (χ1v) is 13.3. The Balaban J connectivity index is 1.74. The van der Waals surface area contributed by atoms with Crippen LogP contribution in [0.4, 0.5) is 18.9 Å². The van der Waals surface area contributed by atoms with Crippen molar-refractivity contribution in [1.29, 1.82) is 0 Å². The van der Waals surface area contributed by atoms with Gasteiger partial charge < -0.3 is 24.0 Å². The summed E-state index contributed by atoms with van der Waals surface area (Å²) in [6.45, 7) is 5.86. The summed E-state index contributed by atoms with van der Waals surface area (Å²) >= 11 is 0. The molecule has 40 heavy (non-hydrogen) atoms. The lowest BCUT2D eigenvalue weighted by atomic mass is 9.82. The highest BCUT2D eigenvalue weighted by Crippen LogP contribution is 2.41. The van der Waals surface area contributed by atoms with Crippen LogP contribution in [0.15, 0.2) is 30.3 Å². The van der Waals surface area contributed by atoms with E-state index in [1.165, 1.54) is 30.2 Å². The molecule has 1 aliphatic carbocycles. The van der Waals surface area contributed by atoms with E-state index < -0.39 is 23.5 Å². The molecule has 8 nitrogen and oxygen atoms in total. The van der Waals surface area contributed by atoms with E-state index in [9.17, 15) is 27.9 Å². The number of imidazole rings is 1. The molecule has 0 bridgehead atoms. The largest absolute Gasteiger partial charge is 0.478 e. The van der Waals surface area contributed by atoms with Crippen LogP contribution in [0.2, 0.25) is 0 Å². The van der Waals surface area contributed by atoms with Gasteiger partial charge in [0.05, 0.1) is 22.3 Å². The number of carboxylic acid groups (broad SMARTS) is 1. The lowest BCUT2D eigenvalue weighted by Crippen LogP contribution is -2.42. The molecule has 1 fully saturated rings. The van der Waals surface area contributed by atoms with Crippen LogP contribution >= 0.6 is 0 Å². The summed E-state index contributed by atoms with van der Waals surface area (Å²) in [6.07, 6.45) is -1.44. The lowest BCUT2D eigenvalue weighted by molar-refractivity contribution is -0.138. The number of benzene rings is 2. The number of alkyl halides is 3. The van der Waals surface area contributed by atoms with E-state index in [2.05, 4.69) is 11.9 Å². The molecule has 11 heteroatoms. The van der Waals surface area contributed by atoms with Gasteiger partial charge in [0.2, 0.25) is 5.91 Å². The average molecular weight is 562 g/mol. The topological polar surface area (TPSA) is 93.9 Å². The van der Waals surface area contributed by atoms with Crippen LogP contribution in [-0.2, 0) is 29.4 Å². The number of ether oxygens (including phenoxy) is 2. The average Bonchev–Trinajstić information content (AvgIpc) is 3.18. The molecule has 216 valence electrons.